The second-order valence-electron chi connectivity index (χ2n) is 3.76. The third kappa shape index (κ3) is 9.28. The van der Waals surface area contributed by atoms with Gasteiger partial charge in [-0.3, -0.25) is 0 Å². The molecule has 1 heterocycles. The molecule has 0 aromatic heterocycles. The minimum Gasteiger partial charge on any atom is -0.363 e. The van der Waals surface area contributed by atoms with Gasteiger partial charge in [-0.1, -0.05) is 31.4 Å². The molecule has 0 aromatic rings. The monoisotopic (exact) mass is 220 g/mol. The first-order valence-corrected chi connectivity index (χ1v) is 5.79. The number of hydrogen-bond donors (Lipinski definition) is 2. The van der Waals surface area contributed by atoms with Crippen molar-refractivity contribution in [2.45, 2.75) is 32.7 Å². The summed E-state index contributed by atoms with van der Waals surface area (Å²) in [5.41, 5.74) is 0.841. The molecule has 1 fully saturated rings. The Labute approximate surface area is 99.8 Å². The molecule has 2 nitrogen and oxygen atoms in total. The highest BCUT2D eigenvalue weighted by Crippen LogP contribution is 2.01. The Kier molecular flexibility index (Phi) is 9.43. The molecule has 0 radical (unpaired) electrons. The molecule has 1 aliphatic rings. The molecule has 1 aliphatic heterocycles. The molecular weight excluding hydrogens is 196 g/mol. The summed E-state index contributed by atoms with van der Waals surface area (Å²) < 4.78 is 0. The lowest BCUT2D eigenvalue weighted by Crippen LogP contribution is -2.16. The minimum atomic E-state index is 0.796. The Hall–Kier alpha value is -1.28. The average molecular weight is 220 g/mol. The van der Waals surface area contributed by atoms with Crippen molar-refractivity contribution in [1.29, 1.82) is 0 Å². The van der Waals surface area contributed by atoms with Crippen molar-refractivity contribution in [3.05, 3.63) is 49.4 Å². The van der Waals surface area contributed by atoms with Crippen LogP contribution in [0.15, 0.2) is 49.4 Å². The molecule has 0 aromatic carbocycles. The van der Waals surface area contributed by atoms with Gasteiger partial charge in [-0.2, -0.15) is 0 Å². The first-order chi connectivity index (χ1) is 7.70. The summed E-state index contributed by atoms with van der Waals surface area (Å²) in [5, 5.41) is 6.17. The van der Waals surface area contributed by atoms with E-state index in [0.29, 0.717) is 0 Å². The van der Waals surface area contributed by atoms with Crippen molar-refractivity contribution in [3.63, 3.8) is 0 Å². The lowest BCUT2D eigenvalue weighted by molar-refractivity contribution is 0.664. The van der Waals surface area contributed by atoms with E-state index >= 15 is 0 Å². The van der Waals surface area contributed by atoms with E-state index < -0.39 is 0 Å². The number of rotatable bonds is 4. The van der Waals surface area contributed by atoms with Crippen LogP contribution in [-0.4, -0.2) is 12.6 Å². The van der Waals surface area contributed by atoms with Crippen molar-refractivity contribution in [1.82, 2.24) is 10.6 Å². The van der Waals surface area contributed by atoms with E-state index in [1.807, 2.05) is 31.2 Å². The molecule has 0 spiro atoms. The second-order valence-corrected chi connectivity index (χ2v) is 3.76. The van der Waals surface area contributed by atoms with Gasteiger partial charge in [0.2, 0.25) is 0 Å². The molecule has 16 heavy (non-hydrogen) atoms. The summed E-state index contributed by atoms with van der Waals surface area (Å²) in [6.45, 7) is 12.7. The van der Waals surface area contributed by atoms with Crippen LogP contribution in [0.4, 0.5) is 0 Å². The maximum atomic E-state index is 3.71. The average Bonchev–Trinajstić information content (AvgIpc) is 2.71. The summed E-state index contributed by atoms with van der Waals surface area (Å²) >= 11 is 0. The highest BCUT2D eigenvalue weighted by molar-refractivity contribution is 5.18. The highest BCUT2D eigenvalue weighted by Gasteiger charge is 2.05. The minimum absolute atomic E-state index is 0.796. The van der Waals surface area contributed by atoms with E-state index in [1.54, 1.807) is 6.20 Å². The quantitative estimate of drug-likeness (QED) is 0.711. The highest BCUT2D eigenvalue weighted by atomic mass is 14.9. The zero-order valence-electron chi connectivity index (χ0n) is 10.5. The lowest BCUT2D eigenvalue weighted by atomic mass is 10.3. The molecule has 90 valence electrons. The van der Waals surface area contributed by atoms with Crippen molar-refractivity contribution in [2.24, 2.45) is 0 Å². The topological polar surface area (TPSA) is 24.1 Å². The Balaban J connectivity index is 0.000000315. The van der Waals surface area contributed by atoms with Crippen LogP contribution >= 0.6 is 0 Å². The predicted octanol–water partition coefficient (Wildman–Crippen LogP) is 3.12. The Morgan fingerprint density at radius 3 is 2.56 bits per heavy atom. The maximum absolute atomic E-state index is 3.71. The van der Waals surface area contributed by atoms with E-state index in [-0.39, 0.29) is 0 Å². The fourth-order valence-electron chi connectivity index (χ4n) is 1.32. The van der Waals surface area contributed by atoms with Gasteiger partial charge in [0.05, 0.1) is 0 Å². The van der Waals surface area contributed by atoms with E-state index in [0.717, 1.165) is 11.7 Å². The van der Waals surface area contributed by atoms with Gasteiger partial charge in [0, 0.05) is 11.7 Å². The van der Waals surface area contributed by atoms with Crippen LogP contribution in [0.1, 0.15) is 26.7 Å². The fraction of sp³-hybridized carbons (Fsp3) is 0.429. The molecule has 1 unspecified atom stereocenters. The molecule has 0 bridgehead atoms. The standard InChI is InChI=1S/C9H13N.C5H11N/c1-4-6-7-8-9(3)10-5-2;1-5-3-2-4-6-5/h4-8,10H,2-3H2,1H3;5-6H,2-4H2,1H3/b6-4-,8-7-;. The van der Waals surface area contributed by atoms with Crippen LogP contribution in [0, 0.1) is 0 Å². The Morgan fingerprint density at radius 1 is 1.44 bits per heavy atom. The van der Waals surface area contributed by atoms with Gasteiger partial charge < -0.3 is 10.6 Å². The van der Waals surface area contributed by atoms with Crippen molar-refractivity contribution < 1.29 is 0 Å². The summed E-state index contributed by atoms with van der Waals surface area (Å²) in [6, 6.07) is 0.796. The number of nitrogens with one attached hydrogen (secondary N) is 2. The molecule has 0 saturated carbocycles. The zero-order chi connectivity index (χ0) is 12.2. The van der Waals surface area contributed by atoms with Gasteiger partial charge in [-0.25, -0.2) is 0 Å². The van der Waals surface area contributed by atoms with Crippen LogP contribution < -0.4 is 10.6 Å². The zero-order valence-corrected chi connectivity index (χ0v) is 10.5. The Morgan fingerprint density at radius 2 is 2.19 bits per heavy atom. The summed E-state index contributed by atoms with van der Waals surface area (Å²) in [5.74, 6) is 0. The van der Waals surface area contributed by atoms with E-state index in [4.69, 9.17) is 0 Å². The molecule has 1 rings (SSSR count). The van der Waals surface area contributed by atoms with E-state index in [1.165, 1.54) is 19.4 Å². The van der Waals surface area contributed by atoms with Gasteiger partial charge in [-0.05, 0) is 45.5 Å². The maximum Gasteiger partial charge on any atom is 0.0306 e. The lowest BCUT2D eigenvalue weighted by Gasteiger charge is -1.95. The van der Waals surface area contributed by atoms with Crippen molar-refractivity contribution in [3.8, 4) is 0 Å². The van der Waals surface area contributed by atoms with Crippen LogP contribution in [0.2, 0.25) is 0 Å². The molecule has 2 heteroatoms. The molecule has 0 aliphatic carbocycles. The summed E-state index contributed by atoms with van der Waals surface area (Å²) in [4.78, 5) is 0. The molecule has 1 atom stereocenters. The number of hydrogen-bond acceptors (Lipinski definition) is 2. The first-order valence-electron chi connectivity index (χ1n) is 5.79. The summed E-state index contributed by atoms with van der Waals surface area (Å²) in [6.07, 6.45) is 12.0. The van der Waals surface area contributed by atoms with Gasteiger partial charge >= 0.3 is 0 Å². The summed E-state index contributed by atoms with van der Waals surface area (Å²) in [7, 11) is 0. The van der Waals surface area contributed by atoms with Crippen molar-refractivity contribution in [2.75, 3.05) is 6.54 Å². The largest absolute Gasteiger partial charge is 0.363 e. The fourth-order valence-corrected chi connectivity index (χ4v) is 1.32. The van der Waals surface area contributed by atoms with E-state index in [9.17, 15) is 0 Å². The Bertz CT molecular complexity index is 245. The molecule has 1 saturated heterocycles. The molecule has 0 amide bonds. The third-order valence-electron chi connectivity index (χ3n) is 2.20. The second kappa shape index (κ2) is 10.2. The number of allylic oxidation sites excluding steroid dienone is 4. The van der Waals surface area contributed by atoms with Crippen LogP contribution in [0.5, 0.6) is 0 Å². The third-order valence-corrected chi connectivity index (χ3v) is 2.20. The van der Waals surface area contributed by atoms with Crippen molar-refractivity contribution >= 4 is 0 Å². The van der Waals surface area contributed by atoms with E-state index in [2.05, 4.69) is 30.7 Å². The van der Waals surface area contributed by atoms with Gasteiger partial charge in [0.1, 0.15) is 0 Å². The molecule has 2 N–H and O–H groups in total. The van der Waals surface area contributed by atoms with Gasteiger partial charge in [0.15, 0.2) is 0 Å². The van der Waals surface area contributed by atoms with Crippen LogP contribution in [0.3, 0.4) is 0 Å². The molecular formula is C14H24N2. The van der Waals surface area contributed by atoms with Crippen LogP contribution in [-0.2, 0) is 0 Å². The SMILES string of the molecule is C=CNC(=C)/C=C\C=C/C.CC1CCCN1. The smallest absolute Gasteiger partial charge is 0.0306 e. The predicted molar refractivity (Wildman–Crippen MR) is 73.1 cm³/mol. The van der Waals surface area contributed by atoms with Crippen LogP contribution in [0.25, 0.3) is 0 Å². The van der Waals surface area contributed by atoms with Gasteiger partial charge in [0.25, 0.3) is 0 Å². The van der Waals surface area contributed by atoms with Gasteiger partial charge in [-0.15, -0.1) is 0 Å². The first kappa shape index (κ1) is 14.7. The normalized spacial score (nSPS) is 19.5.